The van der Waals surface area contributed by atoms with E-state index in [-0.39, 0.29) is 18.2 Å². The fourth-order valence-corrected chi connectivity index (χ4v) is 1.99. The van der Waals surface area contributed by atoms with E-state index in [2.05, 4.69) is 17.6 Å². The lowest BCUT2D eigenvalue weighted by molar-refractivity contribution is -0.121. The quantitative estimate of drug-likeness (QED) is 0.780. The number of nitrogens with zero attached hydrogens (tertiary/aromatic N) is 1. The van der Waals surface area contributed by atoms with Crippen molar-refractivity contribution in [1.82, 2.24) is 15.5 Å². The molecular weight excluding hydrogens is 234 g/mol. The maximum absolute atomic E-state index is 11.7. The summed E-state index contributed by atoms with van der Waals surface area (Å²) < 4.78 is 4.92. The van der Waals surface area contributed by atoms with Gasteiger partial charge in [-0.25, -0.2) is 0 Å². The zero-order valence-electron chi connectivity index (χ0n) is 10.3. The number of furan rings is 1. The first-order chi connectivity index (χ1) is 8.65. The topological polar surface area (TPSA) is 74.6 Å². The summed E-state index contributed by atoms with van der Waals surface area (Å²) in [6, 6.07) is 3.50. The number of carbonyl (C=O) groups excluding carboxylic acids is 2. The lowest BCUT2D eigenvalue weighted by Gasteiger charge is -2.30. The van der Waals surface area contributed by atoms with E-state index in [0.717, 1.165) is 19.6 Å². The molecule has 1 saturated heterocycles. The van der Waals surface area contributed by atoms with Crippen molar-refractivity contribution >= 4 is 11.8 Å². The molecule has 1 atom stereocenters. The molecule has 2 amide bonds. The van der Waals surface area contributed by atoms with Gasteiger partial charge in [-0.3, -0.25) is 19.8 Å². The SMILES string of the molecule is C[C@H]1CN(CC(=O)NC(=O)c2ccco2)CCN1. The lowest BCUT2D eigenvalue weighted by atomic mass is 10.2. The largest absolute Gasteiger partial charge is 0.459 e. The molecule has 1 aliphatic rings. The van der Waals surface area contributed by atoms with Crippen molar-refractivity contribution in [3.05, 3.63) is 24.2 Å². The fraction of sp³-hybridized carbons (Fsp3) is 0.500. The predicted molar refractivity (Wildman–Crippen MR) is 65.1 cm³/mol. The zero-order valence-corrected chi connectivity index (χ0v) is 10.3. The predicted octanol–water partition coefficient (Wildman–Crippen LogP) is -0.170. The normalized spacial score (nSPS) is 20.6. The van der Waals surface area contributed by atoms with Crippen molar-refractivity contribution in [3.8, 4) is 0 Å². The second kappa shape index (κ2) is 5.79. The Bertz CT molecular complexity index is 416. The van der Waals surface area contributed by atoms with Gasteiger partial charge in [0.25, 0.3) is 5.91 Å². The van der Waals surface area contributed by atoms with Gasteiger partial charge in [0.05, 0.1) is 12.8 Å². The van der Waals surface area contributed by atoms with Crippen LogP contribution in [0.5, 0.6) is 0 Å². The molecule has 0 spiro atoms. The van der Waals surface area contributed by atoms with E-state index in [1.807, 2.05) is 4.90 Å². The maximum atomic E-state index is 11.7. The summed E-state index contributed by atoms with van der Waals surface area (Å²) >= 11 is 0. The standard InChI is InChI=1S/C12H17N3O3/c1-9-7-15(5-4-13-9)8-11(16)14-12(17)10-3-2-6-18-10/h2-3,6,9,13H,4-5,7-8H2,1H3,(H,14,16,17)/t9-/m0/s1. The van der Waals surface area contributed by atoms with Gasteiger partial charge in [-0.05, 0) is 19.1 Å². The number of nitrogens with one attached hydrogen (secondary N) is 2. The molecule has 0 radical (unpaired) electrons. The third kappa shape index (κ3) is 3.41. The van der Waals surface area contributed by atoms with E-state index in [1.54, 1.807) is 6.07 Å². The van der Waals surface area contributed by atoms with Gasteiger partial charge in [0.1, 0.15) is 0 Å². The number of carbonyl (C=O) groups is 2. The van der Waals surface area contributed by atoms with E-state index < -0.39 is 5.91 Å². The molecule has 1 aromatic heterocycles. The van der Waals surface area contributed by atoms with Crippen molar-refractivity contribution in [2.75, 3.05) is 26.2 Å². The molecule has 98 valence electrons. The molecule has 0 aromatic carbocycles. The lowest BCUT2D eigenvalue weighted by Crippen LogP contribution is -2.52. The second-order valence-electron chi connectivity index (χ2n) is 4.44. The summed E-state index contributed by atoms with van der Waals surface area (Å²) in [5, 5.41) is 5.60. The second-order valence-corrected chi connectivity index (χ2v) is 4.44. The zero-order chi connectivity index (χ0) is 13.0. The highest BCUT2D eigenvalue weighted by Gasteiger charge is 2.19. The van der Waals surface area contributed by atoms with Crippen LogP contribution in [0.1, 0.15) is 17.5 Å². The molecular formula is C12H17N3O3. The Kier molecular flexibility index (Phi) is 4.11. The van der Waals surface area contributed by atoms with Crippen molar-refractivity contribution in [2.24, 2.45) is 0 Å². The van der Waals surface area contributed by atoms with Crippen molar-refractivity contribution in [2.45, 2.75) is 13.0 Å². The summed E-state index contributed by atoms with van der Waals surface area (Å²) in [4.78, 5) is 25.3. The molecule has 1 aliphatic heterocycles. The van der Waals surface area contributed by atoms with Crippen molar-refractivity contribution < 1.29 is 14.0 Å². The monoisotopic (exact) mass is 251 g/mol. The molecule has 0 aliphatic carbocycles. The Morgan fingerprint density at radius 1 is 1.61 bits per heavy atom. The van der Waals surface area contributed by atoms with Crippen LogP contribution in [0.4, 0.5) is 0 Å². The number of amides is 2. The number of imide groups is 1. The fourth-order valence-electron chi connectivity index (χ4n) is 1.99. The minimum Gasteiger partial charge on any atom is -0.459 e. The molecule has 0 saturated carbocycles. The minimum atomic E-state index is -0.492. The number of rotatable bonds is 3. The van der Waals surface area contributed by atoms with E-state index in [0.29, 0.717) is 6.04 Å². The van der Waals surface area contributed by atoms with Crippen molar-refractivity contribution in [1.29, 1.82) is 0 Å². The van der Waals surface area contributed by atoms with Gasteiger partial charge in [0.2, 0.25) is 5.91 Å². The van der Waals surface area contributed by atoms with Crippen LogP contribution in [0, 0.1) is 0 Å². The molecule has 2 rings (SSSR count). The first-order valence-corrected chi connectivity index (χ1v) is 5.98. The van der Waals surface area contributed by atoms with Crippen LogP contribution in [-0.4, -0.2) is 48.9 Å². The van der Waals surface area contributed by atoms with Gasteiger partial charge in [-0.15, -0.1) is 0 Å². The molecule has 0 unspecified atom stereocenters. The van der Waals surface area contributed by atoms with Gasteiger partial charge in [0.15, 0.2) is 5.76 Å². The summed E-state index contributed by atoms with van der Waals surface area (Å²) in [7, 11) is 0. The highest BCUT2D eigenvalue weighted by Crippen LogP contribution is 2.00. The molecule has 6 heteroatoms. The Hall–Kier alpha value is -1.66. The van der Waals surface area contributed by atoms with Gasteiger partial charge in [-0.2, -0.15) is 0 Å². The van der Waals surface area contributed by atoms with E-state index in [4.69, 9.17) is 4.42 Å². The van der Waals surface area contributed by atoms with Crippen LogP contribution < -0.4 is 10.6 Å². The average molecular weight is 251 g/mol. The highest BCUT2D eigenvalue weighted by molar-refractivity contribution is 6.03. The Labute approximate surface area is 105 Å². The van der Waals surface area contributed by atoms with Crippen LogP contribution >= 0.6 is 0 Å². The smallest absolute Gasteiger partial charge is 0.293 e. The summed E-state index contributed by atoms with van der Waals surface area (Å²) in [6.45, 7) is 4.78. The minimum absolute atomic E-state index is 0.150. The van der Waals surface area contributed by atoms with Crippen LogP contribution in [0.3, 0.4) is 0 Å². The highest BCUT2D eigenvalue weighted by atomic mass is 16.3. The Balaban J connectivity index is 1.80. The molecule has 1 fully saturated rings. The first kappa shape index (κ1) is 12.8. The third-order valence-electron chi connectivity index (χ3n) is 2.82. The van der Waals surface area contributed by atoms with Gasteiger partial charge < -0.3 is 9.73 Å². The molecule has 1 aromatic rings. The summed E-state index contributed by atoms with van der Waals surface area (Å²) in [6.07, 6.45) is 1.40. The van der Waals surface area contributed by atoms with Crippen LogP contribution in [0.25, 0.3) is 0 Å². The van der Waals surface area contributed by atoms with Gasteiger partial charge >= 0.3 is 0 Å². The summed E-state index contributed by atoms with van der Waals surface area (Å²) in [5.74, 6) is -0.643. The van der Waals surface area contributed by atoms with Crippen molar-refractivity contribution in [3.63, 3.8) is 0 Å². The van der Waals surface area contributed by atoms with E-state index >= 15 is 0 Å². The van der Waals surface area contributed by atoms with E-state index in [9.17, 15) is 9.59 Å². The third-order valence-corrected chi connectivity index (χ3v) is 2.82. The molecule has 6 nitrogen and oxygen atoms in total. The molecule has 0 bridgehead atoms. The maximum Gasteiger partial charge on any atom is 0.293 e. The summed E-state index contributed by atoms with van der Waals surface area (Å²) in [5.41, 5.74) is 0. The Morgan fingerprint density at radius 2 is 2.44 bits per heavy atom. The van der Waals surface area contributed by atoms with Gasteiger partial charge in [0, 0.05) is 25.7 Å². The van der Waals surface area contributed by atoms with E-state index in [1.165, 1.54) is 12.3 Å². The van der Waals surface area contributed by atoms with Crippen LogP contribution in [0.15, 0.2) is 22.8 Å². The van der Waals surface area contributed by atoms with Crippen LogP contribution in [-0.2, 0) is 4.79 Å². The number of hydrogen-bond donors (Lipinski definition) is 2. The molecule has 2 N–H and O–H groups in total. The molecule has 18 heavy (non-hydrogen) atoms. The first-order valence-electron chi connectivity index (χ1n) is 5.98. The number of piperazine rings is 1. The van der Waals surface area contributed by atoms with Gasteiger partial charge in [-0.1, -0.05) is 0 Å². The molecule has 2 heterocycles. The average Bonchev–Trinajstić information content (AvgIpc) is 2.81. The van der Waals surface area contributed by atoms with Crippen LogP contribution in [0.2, 0.25) is 0 Å². The number of hydrogen-bond acceptors (Lipinski definition) is 5. The Morgan fingerprint density at radius 3 is 3.11 bits per heavy atom.